The van der Waals surface area contributed by atoms with Crippen molar-refractivity contribution in [1.82, 2.24) is 4.90 Å². The number of rotatable bonds is 3. The van der Waals surface area contributed by atoms with Crippen LogP contribution in [0.15, 0.2) is 30.3 Å². The van der Waals surface area contributed by atoms with E-state index in [0.717, 1.165) is 5.56 Å². The van der Waals surface area contributed by atoms with Crippen molar-refractivity contribution in [3.63, 3.8) is 0 Å². The van der Waals surface area contributed by atoms with Crippen LogP contribution in [0, 0.1) is 5.92 Å². The molecule has 1 aliphatic heterocycles. The highest BCUT2D eigenvalue weighted by Crippen LogP contribution is 2.41. The molecule has 2 atom stereocenters. The molecule has 0 bridgehead atoms. The van der Waals surface area contributed by atoms with E-state index in [0.29, 0.717) is 0 Å². The molecule has 3 heteroatoms. The second-order valence-electron chi connectivity index (χ2n) is 4.78. The Labute approximate surface area is 101 Å². The van der Waals surface area contributed by atoms with Crippen LogP contribution in [0.2, 0.25) is 0 Å². The summed E-state index contributed by atoms with van der Waals surface area (Å²) >= 11 is 0. The van der Waals surface area contributed by atoms with Gasteiger partial charge in [0.05, 0.1) is 6.04 Å². The standard InChI is InChI=1S/C14H17NO2/c1-9(2)15-13(11-7-5-4-6-8-11)12(10(3)16)14(15)17/h4-9,12-13H,1-3H3/t12-,13-/m0/s1. The maximum Gasteiger partial charge on any atom is 0.236 e. The second-order valence-corrected chi connectivity index (χ2v) is 4.78. The number of nitrogens with zero attached hydrogens (tertiary/aromatic N) is 1. The predicted molar refractivity (Wildman–Crippen MR) is 65.3 cm³/mol. The molecule has 3 nitrogen and oxygen atoms in total. The van der Waals surface area contributed by atoms with Crippen molar-refractivity contribution in [2.75, 3.05) is 0 Å². The lowest BCUT2D eigenvalue weighted by atomic mass is 9.79. The van der Waals surface area contributed by atoms with E-state index in [9.17, 15) is 9.59 Å². The largest absolute Gasteiger partial charge is 0.331 e. The fourth-order valence-corrected chi connectivity index (χ4v) is 2.49. The van der Waals surface area contributed by atoms with E-state index in [1.54, 1.807) is 4.90 Å². The molecule has 0 radical (unpaired) electrons. The van der Waals surface area contributed by atoms with E-state index in [1.165, 1.54) is 6.92 Å². The van der Waals surface area contributed by atoms with Gasteiger partial charge in [0.15, 0.2) is 0 Å². The molecule has 90 valence electrons. The van der Waals surface area contributed by atoms with Gasteiger partial charge in [-0.2, -0.15) is 0 Å². The zero-order chi connectivity index (χ0) is 12.6. The van der Waals surface area contributed by atoms with Crippen LogP contribution in [0.1, 0.15) is 32.4 Å². The van der Waals surface area contributed by atoms with Crippen molar-refractivity contribution in [2.45, 2.75) is 32.9 Å². The monoisotopic (exact) mass is 231 g/mol. The average Bonchev–Trinajstić information content (AvgIpc) is 2.25. The topological polar surface area (TPSA) is 37.4 Å². The first kappa shape index (κ1) is 11.8. The molecule has 0 unspecified atom stereocenters. The van der Waals surface area contributed by atoms with Crippen LogP contribution in [0.25, 0.3) is 0 Å². The molecule has 0 N–H and O–H groups in total. The quantitative estimate of drug-likeness (QED) is 0.590. The summed E-state index contributed by atoms with van der Waals surface area (Å²) in [6.45, 7) is 5.45. The van der Waals surface area contributed by atoms with E-state index in [4.69, 9.17) is 0 Å². The molecule has 1 fully saturated rings. The molecule has 1 heterocycles. The van der Waals surface area contributed by atoms with Gasteiger partial charge in [-0.05, 0) is 26.3 Å². The van der Waals surface area contributed by atoms with Gasteiger partial charge in [-0.15, -0.1) is 0 Å². The van der Waals surface area contributed by atoms with E-state index < -0.39 is 5.92 Å². The Hall–Kier alpha value is -1.64. The number of β-lactam (4-membered cyclic amide) rings is 1. The van der Waals surface area contributed by atoms with Gasteiger partial charge in [-0.3, -0.25) is 9.59 Å². The van der Waals surface area contributed by atoms with Gasteiger partial charge in [0, 0.05) is 6.04 Å². The summed E-state index contributed by atoms with van der Waals surface area (Å²) in [5.74, 6) is -0.568. The highest BCUT2D eigenvalue weighted by atomic mass is 16.2. The number of Topliss-reactive ketones (excluding diaryl/α,β-unsaturated/α-hetero) is 1. The normalized spacial score (nSPS) is 23.8. The number of ketones is 1. The lowest BCUT2D eigenvalue weighted by Gasteiger charge is -2.48. The third-order valence-corrected chi connectivity index (χ3v) is 3.27. The minimum Gasteiger partial charge on any atom is -0.331 e. The maximum absolute atomic E-state index is 11.9. The fourth-order valence-electron chi connectivity index (χ4n) is 2.49. The SMILES string of the molecule is CC(=O)[C@@H]1C(=O)N(C(C)C)[C@H]1c1ccccc1. The van der Waals surface area contributed by atoms with Crippen molar-refractivity contribution < 1.29 is 9.59 Å². The Kier molecular flexibility index (Phi) is 3.01. The summed E-state index contributed by atoms with van der Waals surface area (Å²) in [5, 5.41) is 0. The number of benzene rings is 1. The number of carbonyl (C=O) groups excluding carboxylic acids is 2. The maximum atomic E-state index is 11.9. The Bertz CT molecular complexity index is 439. The highest BCUT2D eigenvalue weighted by molar-refractivity contribution is 6.05. The third kappa shape index (κ3) is 1.86. The third-order valence-electron chi connectivity index (χ3n) is 3.27. The van der Waals surface area contributed by atoms with Gasteiger partial charge in [0.1, 0.15) is 11.7 Å². The van der Waals surface area contributed by atoms with Crippen LogP contribution in [-0.2, 0) is 9.59 Å². The van der Waals surface area contributed by atoms with Crippen molar-refractivity contribution in [1.29, 1.82) is 0 Å². The highest BCUT2D eigenvalue weighted by Gasteiger charge is 2.51. The summed E-state index contributed by atoms with van der Waals surface area (Å²) in [6.07, 6.45) is 0. The minimum atomic E-state index is -0.486. The molecule has 0 aromatic heterocycles. The molecule has 1 saturated heterocycles. The number of hydrogen-bond donors (Lipinski definition) is 0. The van der Waals surface area contributed by atoms with Crippen molar-refractivity contribution in [3.8, 4) is 0 Å². The molecule has 1 aromatic rings. The van der Waals surface area contributed by atoms with Crippen molar-refractivity contribution in [3.05, 3.63) is 35.9 Å². The molecule has 0 aliphatic carbocycles. The summed E-state index contributed by atoms with van der Waals surface area (Å²) in [7, 11) is 0. The van der Waals surface area contributed by atoms with E-state index >= 15 is 0 Å². The first-order valence-electron chi connectivity index (χ1n) is 5.91. The Morgan fingerprint density at radius 3 is 2.29 bits per heavy atom. The van der Waals surface area contributed by atoms with Gasteiger partial charge in [0.2, 0.25) is 5.91 Å². The summed E-state index contributed by atoms with van der Waals surface area (Å²) < 4.78 is 0. The zero-order valence-electron chi connectivity index (χ0n) is 10.4. The van der Waals surface area contributed by atoms with Crippen molar-refractivity contribution in [2.24, 2.45) is 5.92 Å². The molecule has 0 saturated carbocycles. The van der Waals surface area contributed by atoms with Crippen LogP contribution < -0.4 is 0 Å². The zero-order valence-corrected chi connectivity index (χ0v) is 10.4. The van der Waals surface area contributed by atoms with Crippen LogP contribution >= 0.6 is 0 Å². The van der Waals surface area contributed by atoms with Crippen LogP contribution in [-0.4, -0.2) is 22.6 Å². The Balaban J connectivity index is 2.34. The van der Waals surface area contributed by atoms with Crippen LogP contribution in [0.4, 0.5) is 0 Å². The Morgan fingerprint density at radius 1 is 1.24 bits per heavy atom. The molecular weight excluding hydrogens is 214 g/mol. The molecule has 1 amide bonds. The molecular formula is C14H17NO2. The number of carbonyl (C=O) groups is 2. The van der Waals surface area contributed by atoms with E-state index in [2.05, 4.69) is 0 Å². The minimum absolute atomic E-state index is 0.0404. The van der Waals surface area contributed by atoms with Crippen molar-refractivity contribution >= 4 is 11.7 Å². The number of likely N-dealkylation sites (tertiary alicyclic amines) is 1. The van der Waals surface area contributed by atoms with Gasteiger partial charge >= 0.3 is 0 Å². The molecule has 0 spiro atoms. The summed E-state index contributed by atoms with van der Waals surface area (Å²) in [5.41, 5.74) is 1.04. The molecule has 2 rings (SSSR count). The molecule has 1 aromatic carbocycles. The predicted octanol–water partition coefficient (Wildman–Crippen LogP) is 2.18. The summed E-state index contributed by atoms with van der Waals surface area (Å²) in [6, 6.07) is 9.81. The summed E-state index contributed by atoms with van der Waals surface area (Å²) in [4.78, 5) is 25.3. The fraction of sp³-hybridized carbons (Fsp3) is 0.429. The molecule has 17 heavy (non-hydrogen) atoms. The first-order valence-corrected chi connectivity index (χ1v) is 5.91. The number of hydrogen-bond acceptors (Lipinski definition) is 2. The van der Waals surface area contributed by atoms with Gasteiger partial charge in [-0.25, -0.2) is 0 Å². The van der Waals surface area contributed by atoms with E-state index in [1.807, 2.05) is 44.2 Å². The second kappa shape index (κ2) is 4.32. The van der Waals surface area contributed by atoms with Gasteiger partial charge < -0.3 is 4.90 Å². The molecule has 1 aliphatic rings. The van der Waals surface area contributed by atoms with Gasteiger partial charge in [0.25, 0.3) is 0 Å². The smallest absolute Gasteiger partial charge is 0.236 e. The lowest BCUT2D eigenvalue weighted by molar-refractivity contribution is -0.164. The van der Waals surface area contributed by atoms with Crippen LogP contribution in [0.3, 0.4) is 0 Å². The Morgan fingerprint density at radius 2 is 1.82 bits per heavy atom. The first-order chi connectivity index (χ1) is 8.04. The number of amides is 1. The average molecular weight is 231 g/mol. The van der Waals surface area contributed by atoms with Gasteiger partial charge in [-0.1, -0.05) is 30.3 Å². The lowest BCUT2D eigenvalue weighted by Crippen LogP contribution is -2.59. The van der Waals surface area contributed by atoms with Crippen LogP contribution in [0.5, 0.6) is 0 Å². The van der Waals surface area contributed by atoms with E-state index in [-0.39, 0.29) is 23.8 Å².